The Morgan fingerprint density at radius 1 is 1.03 bits per heavy atom. The summed E-state index contributed by atoms with van der Waals surface area (Å²) in [5.74, 6) is 1.15. The maximum atomic E-state index is 12.9. The van der Waals surface area contributed by atoms with Crippen LogP contribution in [-0.4, -0.2) is 33.0 Å². The summed E-state index contributed by atoms with van der Waals surface area (Å²) >= 11 is 7.52. The number of benzene rings is 3. The number of nitrogens with zero attached hydrogens (tertiary/aromatic N) is 3. The summed E-state index contributed by atoms with van der Waals surface area (Å²) < 4.78 is 7.50. The molecule has 1 atom stereocenters. The van der Waals surface area contributed by atoms with Gasteiger partial charge in [-0.3, -0.25) is 9.36 Å². The van der Waals surface area contributed by atoms with Crippen molar-refractivity contribution in [3.05, 3.63) is 83.4 Å². The molecule has 0 saturated heterocycles. The maximum absolute atomic E-state index is 12.9. The Kier molecular flexibility index (Phi) is 7.01. The fraction of sp³-hybridized carbons (Fsp3) is 0.160. The molecule has 0 bridgehead atoms. The monoisotopic (exact) mass is 478 g/mol. The van der Waals surface area contributed by atoms with Crippen molar-refractivity contribution in [2.75, 3.05) is 12.4 Å². The first-order chi connectivity index (χ1) is 16.0. The van der Waals surface area contributed by atoms with E-state index in [4.69, 9.17) is 16.3 Å². The van der Waals surface area contributed by atoms with Crippen LogP contribution in [0.15, 0.2) is 78.0 Å². The molecule has 0 spiro atoms. The molecule has 168 valence electrons. The van der Waals surface area contributed by atoms with E-state index in [9.17, 15) is 4.79 Å². The third-order valence-corrected chi connectivity index (χ3v) is 6.43. The SMILES string of the molecule is COc1ccccc1-c1nnc(SC(C)C(=O)Nc2ccccc2Cl)n1-c1ccc(C)cc1. The zero-order valence-electron chi connectivity index (χ0n) is 18.4. The van der Waals surface area contributed by atoms with Crippen molar-refractivity contribution in [2.45, 2.75) is 24.3 Å². The molecular formula is C25H23ClN4O2S. The summed E-state index contributed by atoms with van der Waals surface area (Å²) in [5, 5.41) is 12.4. The number of aryl methyl sites for hydroxylation is 1. The number of halogens is 1. The number of nitrogens with one attached hydrogen (secondary N) is 1. The zero-order valence-corrected chi connectivity index (χ0v) is 20.0. The van der Waals surface area contributed by atoms with Crippen LogP contribution in [0.1, 0.15) is 12.5 Å². The molecule has 0 saturated carbocycles. The van der Waals surface area contributed by atoms with Gasteiger partial charge in [-0.05, 0) is 50.2 Å². The van der Waals surface area contributed by atoms with Crippen LogP contribution in [-0.2, 0) is 4.79 Å². The molecule has 1 amide bonds. The number of methoxy groups -OCH3 is 1. The zero-order chi connectivity index (χ0) is 23.4. The molecule has 0 fully saturated rings. The summed E-state index contributed by atoms with van der Waals surface area (Å²) in [6, 6.07) is 22.9. The standard InChI is InChI=1S/C25H23ClN4O2S/c1-16-12-14-18(15-13-16)30-23(19-8-4-7-11-22(19)32-3)28-29-25(30)33-17(2)24(31)27-21-10-6-5-9-20(21)26/h4-15,17H,1-3H3,(H,27,31). The molecule has 0 aliphatic carbocycles. The van der Waals surface area contributed by atoms with E-state index in [-0.39, 0.29) is 5.91 Å². The molecule has 6 nitrogen and oxygen atoms in total. The van der Waals surface area contributed by atoms with Crippen LogP contribution >= 0.6 is 23.4 Å². The number of thioether (sulfide) groups is 1. The van der Waals surface area contributed by atoms with Crippen molar-refractivity contribution in [3.63, 3.8) is 0 Å². The Morgan fingerprint density at radius 2 is 1.73 bits per heavy atom. The number of hydrogen-bond donors (Lipinski definition) is 1. The number of para-hydroxylation sites is 2. The number of ether oxygens (including phenoxy) is 1. The first-order valence-corrected chi connectivity index (χ1v) is 11.6. The van der Waals surface area contributed by atoms with E-state index in [0.29, 0.717) is 27.4 Å². The third kappa shape index (κ3) is 5.05. The topological polar surface area (TPSA) is 69.0 Å². The fourth-order valence-corrected chi connectivity index (χ4v) is 4.34. The fourth-order valence-electron chi connectivity index (χ4n) is 3.29. The van der Waals surface area contributed by atoms with Gasteiger partial charge in [-0.15, -0.1) is 10.2 Å². The lowest BCUT2D eigenvalue weighted by molar-refractivity contribution is -0.115. The lowest BCUT2D eigenvalue weighted by Crippen LogP contribution is -2.23. The second kappa shape index (κ2) is 10.1. The van der Waals surface area contributed by atoms with Crippen LogP contribution in [0.3, 0.4) is 0 Å². The normalized spacial score (nSPS) is 11.8. The second-order valence-electron chi connectivity index (χ2n) is 7.41. The van der Waals surface area contributed by atoms with Crippen molar-refractivity contribution >= 4 is 35.0 Å². The van der Waals surface area contributed by atoms with Gasteiger partial charge in [0.15, 0.2) is 11.0 Å². The van der Waals surface area contributed by atoms with Crippen molar-refractivity contribution < 1.29 is 9.53 Å². The molecule has 0 aliphatic heterocycles. The summed E-state index contributed by atoms with van der Waals surface area (Å²) in [5.41, 5.74) is 3.43. The van der Waals surface area contributed by atoms with E-state index >= 15 is 0 Å². The number of anilines is 1. The highest BCUT2D eigenvalue weighted by molar-refractivity contribution is 8.00. The van der Waals surface area contributed by atoms with Gasteiger partial charge in [0.25, 0.3) is 0 Å². The minimum Gasteiger partial charge on any atom is -0.496 e. The summed E-state index contributed by atoms with van der Waals surface area (Å²) in [6.07, 6.45) is 0. The minimum absolute atomic E-state index is 0.176. The molecule has 4 rings (SSSR count). The second-order valence-corrected chi connectivity index (χ2v) is 9.12. The van der Waals surface area contributed by atoms with E-state index in [1.807, 2.05) is 79.1 Å². The Bertz CT molecular complexity index is 1270. The van der Waals surface area contributed by atoms with Gasteiger partial charge in [-0.25, -0.2) is 0 Å². The van der Waals surface area contributed by atoms with Crippen LogP contribution in [0.2, 0.25) is 5.02 Å². The summed E-state index contributed by atoms with van der Waals surface area (Å²) in [4.78, 5) is 12.9. The Morgan fingerprint density at radius 3 is 2.45 bits per heavy atom. The van der Waals surface area contributed by atoms with Crippen molar-refractivity contribution in [2.24, 2.45) is 0 Å². The van der Waals surface area contributed by atoms with E-state index in [0.717, 1.165) is 16.8 Å². The van der Waals surface area contributed by atoms with Crippen LogP contribution in [0.5, 0.6) is 5.75 Å². The average Bonchev–Trinajstić information content (AvgIpc) is 3.24. The molecule has 0 aliphatic rings. The first kappa shape index (κ1) is 22.9. The van der Waals surface area contributed by atoms with Crippen LogP contribution < -0.4 is 10.1 Å². The molecule has 4 aromatic rings. The van der Waals surface area contributed by atoms with E-state index in [1.54, 1.807) is 19.2 Å². The van der Waals surface area contributed by atoms with Crippen LogP contribution in [0, 0.1) is 6.92 Å². The van der Waals surface area contributed by atoms with Crippen LogP contribution in [0.25, 0.3) is 17.1 Å². The third-order valence-electron chi connectivity index (χ3n) is 5.06. The number of aromatic nitrogens is 3. The number of rotatable bonds is 7. The van der Waals surface area contributed by atoms with Crippen molar-refractivity contribution in [1.82, 2.24) is 14.8 Å². The molecule has 0 radical (unpaired) electrons. The minimum atomic E-state index is -0.444. The highest BCUT2D eigenvalue weighted by Gasteiger charge is 2.23. The lowest BCUT2D eigenvalue weighted by Gasteiger charge is -2.15. The molecule has 8 heteroatoms. The van der Waals surface area contributed by atoms with Gasteiger partial charge in [0.05, 0.1) is 28.6 Å². The maximum Gasteiger partial charge on any atom is 0.237 e. The Hall–Kier alpha value is -3.29. The van der Waals surface area contributed by atoms with Crippen molar-refractivity contribution in [1.29, 1.82) is 0 Å². The van der Waals surface area contributed by atoms with Crippen LogP contribution in [0.4, 0.5) is 5.69 Å². The van der Waals surface area contributed by atoms with E-state index in [2.05, 4.69) is 15.5 Å². The highest BCUT2D eigenvalue weighted by Crippen LogP contribution is 2.34. The highest BCUT2D eigenvalue weighted by atomic mass is 35.5. The molecule has 33 heavy (non-hydrogen) atoms. The quantitative estimate of drug-likeness (QED) is 0.329. The van der Waals surface area contributed by atoms with Gasteiger partial charge >= 0.3 is 0 Å². The van der Waals surface area contributed by atoms with Gasteiger partial charge in [0.2, 0.25) is 5.91 Å². The number of amides is 1. The van der Waals surface area contributed by atoms with Gasteiger partial charge in [0, 0.05) is 5.69 Å². The van der Waals surface area contributed by atoms with E-state index in [1.165, 1.54) is 11.8 Å². The smallest absolute Gasteiger partial charge is 0.237 e. The number of carbonyl (C=O) groups excluding carboxylic acids is 1. The van der Waals surface area contributed by atoms with Gasteiger partial charge in [0.1, 0.15) is 5.75 Å². The first-order valence-electron chi connectivity index (χ1n) is 10.4. The van der Waals surface area contributed by atoms with E-state index < -0.39 is 5.25 Å². The average molecular weight is 479 g/mol. The molecule has 1 aromatic heterocycles. The summed E-state index contributed by atoms with van der Waals surface area (Å²) in [7, 11) is 1.63. The predicted octanol–water partition coefficient (Wildman–Crippen LogP) is 6.02. The van der Waals surface area contributed by atoms with Gasteiger partial charge < -0.3 is 10.1 Å². The Balaban J connectivity index is 1.69. The largest absolute Gasteiger partial charge is 0.496 e. The molecular weight excluding hydrogens is 456 g/mol. The summed E-state index contributed by atoms with van der Waals surface area (Å²) in [6.45, 7) is 3.86. The number of carbonyl (C=O) groups is 1. The molecule has 1 N–H and O–H groups in total. The number of hydrogen-bond acceptors (Lipinski definition) is 5. The van der Waals surface area contributed by atoms with Gasteiger partial charge in [-0.2, -0.15) is 0 Å². The molecule has 1 heterocycles. The predicted molar refractivity (Wildman–Crippen MR) is 133 cm³/mol. The van der Waals surface area contributed by atoms with Gasteiger partial charge in [-0.1, -0.05) is 65.3 Å². The lowest BCUT2D eigenvalue weighted by atomic mass is 10.1. The molecule has 1 unspecified atom stereocenters. The van der Waals surface area contributed by atoms with Crippen molar-refractivity contribution in [3.8, 4) is 22.8 Å². The Labute approximate surface area is 202 Å². The molecule has 3 aromatic carbocycles.